The molecule has 3 heteroatoms. The lowest BCUT2D eigenvalue weighted by atomic mass is 10.1. The van der Waals surface area contributed by atoms with Crippen molar-refractivity contribution < 1.29 is 4.42 Å². The van der Waals surface area contributed by atoms with Crippen LogP contribution in [0.25, 0.3) is 87.7 Å². The first kappa shape index (κ1) is 22.8. The second kappa shape index (κ2) is 8.37. The van der Waals surface area contributed by atoms with E-state index >= 15 is 0 Å². The van der Waals surface area contributed by atoms with E-state index in [0.29, 0.717) is 0 Å². The maximum atomic E-state index is 6.35. The van der Waals surface area contributed by atoms with E-state index in [1.807, 2.05) is 6.07 Å². The summed E-state index contributed by atoms with van der Waals surface area (Å²) in [5, 5.41) is 9.73. The minimum absolute atomic E-state index is 0.899. The van der Waals surface area contributed by atoms with E-state index in [1.54, 1.807) is 0 Å². The van der Waals surface area contributed by atoms with Crippen LogP contribution < -0.4 is 0 Å². The molecule has 0 fully saturated rings. The molecule has 43 heavy (non-hydrogen) atoms. The topological polar surface area (TPSA) is 23.0 Å². The maximum Gasteiger partial charge on any atom is 0.137 e. The van der Waals surface area contributed by atoms with Crippen LogP contribution in [0, 0.1) is 0 Å². The van der Waals surface area contributed by atoms with Crippen molar-refractivity contribution in [1.29, 1.82) is 0 Å². The fraction of sp³-hybridized carbons (Fsp3) is 0. The predicted molar refractivity (Wildman–Crippen MR) is 180 cm³/mol. The molecule has 0 N–H and O–H groups in total. The molecule has 0 aliphatic carbocycles. The third-order valence-electron chi connectivity index (χ3n) is 9.08. The fourth-order valence-electron chi connectivity index (χ4n) is 7.30. The van der Waals surface area contributed by atoms with Gasteiger partial charge in [-0.2, -0.15) is 0 Å². The molecule has 0 saturated heterocycles. The Morgan fingerprint density at radius 2 is 1.09 bits per heavy atom. The number of nitrogens with zero attached hydrogens (tertiary/aromatic N) is 2. The van der Waals surface area contributed by atoms with Crippen LogP contribution in [0.2, 0.25) is 0 Å². The minimum Gasteiger partial charge on any atom is -0.456 e. The summed E-state index contributed by atoms with van der Waals surface area (Å²) in [7, 11) is 0. The summed E-state index contributed by atoms with van der Waals surface area (Å²) >= 11 is 0. The minimum atomic E-state index is 0.899. The van der Waals surface area contributed by atoms with Crippen molar-refractivity contribution in [1.82, 2.24) is 9.13 Å². The Labute approximate surface area is 246 Å². The van der Waals surface area contributed by atoms with Crippen molar-refractivity contribution in [2.75, 3.05) is 0 Å². The molecule has 0 unspecified atom stereocenters. The molecule has 3 heterocycles. The largest absolute Gasteiger partial charge is 0.456 e. The Bertz CT molecular complexity index is 2740. The molecule has 0 spiro atoms. The Hall–Kier alpha value is -5.80. The zero-order valence-corrected chi connectivity index (χ0v) is 23.2. The van der Waals surface area contributed by atoms with E-state index in [1.165, 1.54) is 54.4 Å². The number of benzene rings is 7. The average molecular weight is 549 g/mol. The van der Waals surface area contributed by atoms with Gasteiger partial charge in [-0.1, -0.05) is 97.1 Å². The van der Waals surface area contributed by atoms with Crippen LogP contribution >= 0.6 is 0 Å². The molecule has 0 radical (unpaired) electrons. The Morgan fingerprint density at radius 3 is 1.98 bits per heavy atom. The van der Waals surface area contributed by atoms with Crippen LogP contribution in [-0.2, 0) is 0 Å². The summed E-state index contributed by atoms with van der Waals surface area (Å²) < 4.78 is 11.2. The fourth-order valence-corrected chi connectivity index (χ4v) is 7.30. The zero-order chi connectivity index (χ0) is 28.1. The van der Waals surface area contributed by atoms with E-state index in [9.17, 15) is 0 Å². The summed E-state index contributed by atoms with van der Waals surface area (Å²) in [6.45, 7) is 0. The van der Waals surface area contributed by atoms with Crippen molar-refractivity contribution in [3.8, 4) is 11.4 Å². The first-order valence-electron chi connectivity index (χ1n) is 14.7. The summed E-state index contributed by atoms with van der Waals surface area (Å²) in [5.41, 5.74) is 8.89. The van der Waals surface area contributed by atoms with Crippen LogP contribution in [-0.4, -0.2) is 9.13 Å². The van der Waals surface area contributed by atoms with Gasteiger partial charge in [0.1, 0.15) is 11.2 Å². The molecule has 3 aromatic heterocycles. The molecular formula is C40H24N2O. The van der Waals surface area contributed by atoms with Gasteiger partial charge in [0.15, 0.2) is 0 Å². The zero-order valence-electron chi connectivity index (χ0n) is 23.2. The summed E-state index contributed by atoms with van der Waals surface area (Å²) in [4.78, 5) is 0. The molecule has 0 aliphatic heterocycles. The van der Waals surface area contributed by atoms with Crippen LogP contribution in [0.5, 0.6) is 0 Å². The van der Waals surface area contributed by atoms with E-state index in [-0.39, 0.29) is 0 Å². The molecule has 0 bridgehead atoms. The normalized spacial score (nSPS) is 12.2. The molecule has 3 nitrogen and oxygen atoms in total. The molecular weight excluding hydrogens is 524 g/mol. The van der Waals surface area contributed by atoms with Gasteiger partial charge in [-0.3, -0.25) is 0 Å². The Kier molecular flexibility index (Phi) is 4.45. The molecule has 0 aliphatic rings. The van der Waals surface area contributed by atoms with Gasteiger partial charge in [0.2, 0.25) is 0 Å². The first-order valence-corrected chi connectivity index (χ1v) is 14.7. The number of para-hydroxylation sites is 3. The van der Waals surface area contributed by atoms with Crippen molar-refractivity contribution in [3.05, 3.63) is 146 Å². The van der Waals surface area contributed by atoms with Gasteiger partial charge in [-0.05, 0) is 59.3 Å². The van der Waals surface area contributed by atoms with Gasteiger partial charge in [0.25, 0.3) is 0 Å². The van der Waals surface area contributed by atoms with Crippen LogP contribution in [0.3, 0.4) is 0 Å². The third-order valence-corrected chi connectivity index (χ3v) is 9.08. The van der Waals surface area contributed by atoms with Crippen molar-refractivity contribution in [2.24, 2.45) is 0 Å². The van der Waals surface area contributed by atoms with Gasteiger partial charge in [0, 0.05) is 32.6 Å². The van der Waals surface area contributed by atoms with Crippen LogP contribution in [0.4, 0.5) is 0 Å². The Morgan fingerprint density at radius 1 is 0.395 bits per heavy atom. The number of aromatic nitrogens is 2. The lowest BCUT2D eigenvalue weighted by molar-refractivity contribution is 0.669. The van der Waals surface area contributed by atoms with Crippen molar-refractivity contribution in [2.45, 2.75) is 0 Å². The maximum absolute atomic E-state index is 6.35. The second-order valence-corrected chi connectivity index (χ2v) is 11.3. The highest BCUT2D eigenvalue weighted by Crippen LogP contribution is 2.44. The molecule has 200 valence electrons. The molecule has 10 aromatic rings. The molecule has 0 amide bonds. The van der Waals surface area contributed by atoms with Gasteiger partial charge in [0.05, 0.1) is 33.1 Å². The number of hydrogen-bond donors (Lipinski definition) is 0. The van der Waals surface area contributed by atoms with Gasteiger partial charge >= 0.3 is 0 Å². The van der Waals surface area contributed by atoms with E-state index < -0.39 is 0 Å². The molecule has 7 aromatic carbocycles. The highest BCUT2D eigenvalue weighted by atomic mass is 16.3. The lowest BCUT2D eigenvalue weighted by Crippen LogP contribution is -1.96. The SMILES string of the molecule is c1ccc2cc(-n3c4ccccc4c4c3ccc3c5ccccc5n(-c5cccc6oc7ccccc7c56)c34)ccc2c1. The van der Waals surface area contributed by atoms with E-state index in [0.717, 1.165) is 33.3 Å². The summed E-state index contributed by atoms with van der Waals surface area (Å²) in [5.74, 6) is 0. The van der Waals surface area contributed by atoms with Gasteiger partial charge in [-0.15, -0.1) is 0 Å². The number of hydrogen-bond acceptors (Lipinski definition) is 1. The monoisotopic (exact) mass is 548 g/mol. The smallest absolute Gasteiger partial charge is 0.137 e. The number of furan rings is 1. The Balaban J connectivity index is 1.42. The molecule has 0 saturated carbocycles. The predicted octanol–water partition coefficient (Wildman–Crippen LogP) is 10.9. The molecule has 0 atom stereocenters. The first-order chi connectivity index (χ1) is 21.3. The van der Waals surface area contributed by atoms with Crippen LogP contribution in [0.1, 0.15) is 0 Å². The highest BCUT2D eigenvalue weighted by molar-refractivity contribution is 6.27. The van der Waals surface area contributed by atoms with E-state index in [2.05, 4.69) is 149 Å². The highest BCUT2D eigenvalue weighted by Gasteiger charge is 2.22. The van der Waals surface area contributed by atoms with E-state index in [4.69, 9.17) is 4.42 Å². The second-order valence-electron chi connectivity index (χ2n) is 11.3. The number of fused-ring (bicyclic) bond motifs is 11. The standard InChI is InChI=1S/C40H24N2O/c1-2-11-26-24-27(21-20-25(26)10-1)41-33-16-7-4-13-30(33)39-35(41)23-22-29-28-12-3-6-15-32(28)42(40(29)39)34-17-9-19-37-38(34)31-14-5-8-18-36(31)43-37/h1-24H. The van der Waals surface area contributed by atoms with Gasteiger partial charge < -0.3 is 13.6 Å². The van der Waals surface area contributed by atoms with Crippen molar-refractivity contribution >= 4 is 76.3 Å². The van der Waals surface area contributed by atoms with Crippen molar-refractivity contribution in [3.63, 3.8) is 0 Å². The summed E-state index contributed by atoms with van der Waals surface area (Å²) in [6, 6.07) is 52.3. The number of rotatable bonds is 2. The van der Waals surface area contributed by atoms with Gasteiger partial charge in [-0.25, -0.2) is 0 Å². The third kappa shape index (κ3) is 3.03. The lowest BCUT2D eigenvalue weighted by Gasteiger charge is -2.11. The summed E-state index contributed by atoms with van der Waals surface area (Å²) in [6.07, 6.45) is 0. The molecule has 10 rings (SSSR count). The quantitative estimate of drug-likeness (QED) is 0.211. The average Bonchev–Trinajstić information content (AvgIpc) is 3.72. The van der Waals surface area contributed by atoms with Crippen LogP contribution in [0.15, 0.2) is 150 Å².